The number of halogens is 1. The number of sulfonamides is 1. The van der Waals surface area contributed by atoms with Crippen LogP contribution >= 0.6 is 0 Å². The molecule has 10 nitrogen and oxygen atoms in total. The van der Waals surface area contributed by atoms with Gasteiger partial charge < -0.3 is 24.0 Å². The second kappa shape index (κ2) is 12.3. The minimum atomic E-state index is -4.04. The third-order valence-electron chi connectivity index (χ3n) is 8.37. The molecular weight excluding hydrogens is 585 g/mol. The van der Waals surface area contributed by atoms with Gasteiger partial charge in [-0.1, -0.05) is 42.5 Å². The summed E-state index contributed by atoms with van der Waals surface area (Å²) in [6.07, 6.45) is 1.30. The summed E-state index contributed by atoms with van der Waals surface area (Å²) in [6, 6.07) is 20.7. The molecule has 0 unspecified atom stereocenters. The molecule has 1 aromatic heterocycles. The number of nitrogens with zero attached hydrogens (tertiary/aromatic N) is 5. The van der Waals surface area contributed by atoms with Crippen molar-refractivity contribution in [3.63, 3.8) is 0 Å². The topological polar surface area (TPSA) is 95.4 Å². The third-order valence-corrected chi connectivity index (χ3v) is 10.3. The second-order valence-corrected chi connectivity index (χ2v) is 12.8. The van der Waals surface area contributed by atoms with Crippen molar-refractivity contribution in [1.82, 2.24) is 13.8 Å². The highest BCUT2D eigenvalue weighted by molar-refractivity contribution is 7.89. The fourth-order valence-electron chi connectivity index (χ4n) is 5.98. The average Bonchev–Trinajstić information content (AvgIpc) is 3.06. The standard InChI is InChI=1S/C32H34FN5O5S/c1-43-29-13-7-6-12-28(29)35-14-16-36(17-15-35)31(39)23-37-22-30(24-8-2-3-9-25(24)32(37)40)44(41,42)38-20-18-34(19-21-38)27-11-5-4-10-26(27)33/h2-13,22H,14-21,23H2,1H3. The van der Waals surface area contributed by atoms with Crippen molar-refractivity contribution in [3.8, 4) is 5.75 Å². The van der Waals surface area contributed by atoms with Gasteiger partial charge in [0.2, 0.25) is 15.9 Å². The summed E-state index contributed by atoms with van der Waals surface area (Å²) in [7, 11) is -2.41. The van der Waals surface area contributed by atoms with E-state index in [0.717, 1.165) is 11.4 Å². The lowest BCUT2D eigenvalue weighted by Crippen LogP contribution is -2.50. The Morgan fingerprint density at radius 1 is 0.773 bits per heavy atom. The second-order valence-electron chi connectivity index (χ2n) is 10.9. The molecular formula is C32H34FN5O5S. The van der Waals surface area contributed by atoms with Crippen LogP contribution in [0, 0.1) is 5.82 Å². The summed E-state index contributed by atoms with van der Waals surface area (Å²) in [5.74, 6) is 0.147. The van der Waals surface area contributed by atoms with Gasteiger partial charge in [-0.25, -0.2) is 12.8 Å². The number of carbonyl (C=O) groups excluding carboxylic acids is 1. The summed E-state index contributed by atoms with van der Waals surface area (Å²) in [4.78, 5) is 32.5. The number of ether oxygens (including phenoxy) is 1. The van der Waals surface area contributed by atoms with Crippen LogP contribution in [0.4, 0.5) is 15.8 Å². The Hall–Kier alpha value is -4.42. The monoisotopic (exact) mass is 619 g/mol. The third kappa shape index (κ3) is 5.62. The fourth-order valence-corrected chi connectivity index (χ4v) is 7.62. The normalized spacial score (nSPS) is 16.4. The summed E-state index contributed by atoms with van der Waals surface area (Å²) in [5.41, 5.74) is 0.966. The molecule has 12 heteroatoms. The van der Waals surface area contributed by atoms with Gasteiger partial charge in [0.05, 0.1) is 18.5 Å². The SMILES string of the molecule is COc1ccccc1N1CCN(C(=O)Cn2cc(S(=O)(=O)N3CCN(c4ccccc4F)CC3)c3ccccc3c2=O)CC1. The maximum atomic E-state index is 14.3. The molecule has 6 rings (SSSR count). The summed E-state index contributed by atoms with van der Waals surface area (Å²) in [6.45, 7) is 2.76. The Balaban J connectivity index is 1.21. The first-order valence-electron chi connectivity index (χ1n) is 14.6. The van der Waals surface area contributed by atoms with Crippen LogP contribution in [-0.2, 0) is 21.4 Å². The summed E-state index contributed by atoms with van der Waals surface area (Å²) >= 11 is 0. The zero-order valence-electron chi connectivity index (χ0n) is 24.4. The zero-order valence-corrected chi connectivity index (χ0v) is 25.2. The Morgan fingerprint density at radius 2 is 1.34 bits per heavy atom. The first kappa shape index (κ1) is 29.6. The van der Waals surface area contributed by atoms with E-state index in [-0.39, 0.29) is 41.6 Å². The molecule has 0 radical (unpaired) electrons. The first-order chi connectivity index (χ1) is 21.3. The van der Waals surface area contributed by atoms with Gasteiger partial charge in [-0.15, -0.1) is 0 Å². The van der Waals surface area contributed by atoms with Gasteiger partial charge >= 0.3 is 0 Å². The van der Waals surface area contributed by atoms with Crippen LogP contribution < -0.4 is 20.1 Å². The number of rotatable bonds is 7. The molecule has 230 valence electrons. The number of methoxy groups -OCH3 is 1. The fraction of sp³-hybridized carbons (Fsp3) is 0.312. The minimum absolute atomic E-state index is 0.0270. The lowest BCUT2D eigenvalue weighted by atomic mass is 10.2. The molecule has 0 atom stereocenters. The molecule has 3 aromatic carbocycles. The number of para-hydroxylation sites is 3. The molecule has 0 saturated carbocycles. The molecule has 1 amide bonds. The Labute approximate surface area is 255 Å². The van der Waals surface area contributed by atoms with Crippen molar-refractivity contribution >= 4 is 38.1 Å². The largest absolute Gasteiger partial charge is 0.495 e. The van der Waals surface area contributed by atoms with E-state index < -0.39 is 15.6 Å². The average molecular weight is 620 g/mol. The van der Waals surface area contributed by atoms with Crippen molar-refractivity contribution in [2.24, 2.45) is 0 Å². The van der Waals surface area contributed by atoms with E-state index in [1.165, 1.54) is 21.1 Å². The Kier molecular flexibility index (Phi) is 8.28. The van der Waals surface area contributed by atoms with Gasteiger partial charge in [0.25, 0.3) is 5.56 Å². The maximum Gasteiger partial charge on any atom is 0.258 e. The number of fused-ring (bicyclic) bond motifs is 1. The van der Waals surface area contributed by atoms with Crippen molar-refractivity contribution in [2.75, 3.05) is 69.3 Å². The smallest absolute Gasteiger partial charge is 0.258 e. The van der Waals surface area contributed by atoms with Crippen LogP contribution in [0.1, 0.15) is 0 Å². The van der Waals surface area contributed by atoms with Crippen molar-refractivity contribution < 1.29 is 22.3 Å². The highest BCUT2D eigenvalue weighted by atomic mass is 32.2. The van der Waals surface area contributed by atoms with Crippen LogP contribution in [-0.4, -0.2) is 87.6 Å². The molecule has 2 saturated heterocycles. The molecule has 0 bridgehead atoms. The van der Waals surface area contributed by atoms with Crippen LogP contribution in [0.3, 0.4) is 0 Å². The number of benzene rings is 3. The van der Waals surface area contributed by atoms with Crippen LogP contribution in [0.25, 0.3) is 10.8 Å². The zero-order chi connectivity index (χ0) is 30.8. The minimum Gasteiger partial charge on any atom is -0.495 e. The molecule has 0 N–H and O–H groups in total. The predicted octanol–water partition coefficient (Wildman–Crippen LogP) is 3.01. The number of hydrogen-bond donors (Lipinski definition) is 0. The highest BCUT2D eigenvalue weighted by Gasteiger charge is 2.32. The van der Waals surface area contributed by atoms with E-state index in [9.17, 15) is 22.4 Å². The van der Waals surface area contributed by atoms with E-state index in [2.05, 4.69) is 4.90 Å². The molecule has 0 spiro atoms. The number of aromatic nitrogens is 1. The highest BCUT2D eigenvalue weighted by Crippen LogP contribution is 2.29. The van der Waals surface area contributed by atoms with Crippen LogP contribution in [0.2, 0.25) is 0 Å². The number of carbonyl (C=O) groups is 1. The number of amides is 1. The van der Waals surface area contributed by atoms with Crippen LogP contribution in [0.15, 0.2) is 88.7 Å². The lowest BCUT2D eigenvalue weighted by molar-refractivity contribution is -0.132. The summed E-state index contributed by atoms with van der Waals surface area (Å²) in [5, 5.41) is 0.538. The van der Waals surface area contributed by atoms with Gasteiger partial charge in [-0.2, -0.15) is 4.31 Å². The van der Waals surface area contributed by atoms with E-state index in [4.69, 9.17) is 4.74 Å². The molecule has 44 heavy (non-hydrogen) atoms. The molecule has 2 aliphatic rings. The van der Waals surface area contributed by atoms with Gasteiger partial charge in [0.1, 0.15) is 23.0 Å². The maximum absolute atomic E-state index is 14.3. The number of pyridine rings is 1. The van der Waals surface area contributed by atoms with Crippen molar-refractivity contribution in [1.29, 1.82) is 0 Å². The Morgan fingerprint density at radius 3 is 2.02 bits per heavy atom. The van der Waals surface area contributed by atoms with Gasteiger partial charge in [0, 0.05) is 69.3 Å². The van der Waals surface area contributed by atoms with E-state index in [1.54, 1.807) is 54.5 Å². The van der Waals surface area contributed by atoms with E-state index in [0.29, 0.717) is 50.3 Å². The summed E-state index contributed by atoms with van der Waals surface area (Å²) < 4.78 is 50.4. The molecule has 4 aromatic rings. The number of anilines is 2. The first-order valence-corrected chi connectivity index (χ1v) is 16.0. The quantitative estimate of drug-likeness (QED) is 0.314. The van der Waals surface area contributed by atoms with Gasteiger partial charge in [0.15, 0.2) is 0 Å². The molecule has 2 fully saturated rings. The van der Waals surface area contributed by atoms with Gasteiger partial charge in [-0.3, -0.25) is 9.59 Å². The molecule has 0 aliphatic carbocycles. The number of hydrogen-bond acceptors (Lipinski definition) is 7. The molecule has 3 heterocycles. The lowest BCUT2D eigenvalue weighted by Gasteiger charge is -2.36. The molecule has 2 aliphatic heterocycles. The number of piperazine rings is 2. The van der Waals surface area contributed by atoms with Gasteiger partial charge in [-0.05, 0) is 30.3 Å². The Bertz CT molecular complexity index is 1850. The van der Waals surface area contributed by atoms with Crippen molar-refractivity contribution in [3.05, 3.63) is 95.2 Å². The van der Waals surface area contributed by atoms with E-state index in [1.807, 2.05) is 29.2 Å². The van der Waals surface area contributed by atoms with Crippen LogP contribution in [0.5, 0.6) is 5.75 Å². The van der Waals surface area contributed by atoms with Crippen molar-refractivity contribution in [2.45, 2.75) is 11.4 Å². The predicted molar refractivity (Wildman–Crippen MR) is 167 cm³/mol. The van der Waals surface area contributed by atoms with E-state index >= 15 is 0 Å².